The Kier molecular flexibility index (Phi) is 4.87. The van der Waals surface area contributed by atoms with Crippen molar-refractivity contribution in [1.29, 1.82) is 0 Å². The third kappa shape index (κ3) is 3.53. The van der Waals surface area contributed by atoms with E-state index in [0.29, 0.717) is 11.4 Å². The smallest absolute Gasteiger partial charge is 0.311 e. The molecule has 1 heterocycles. The topological polar surface area (TPSA) is 99.3 Å². The molecule has 1 amide bonds. The Morgan fingerprint density at radius 3 is 2.58 bits per heavy atom. The van der Waals surface area contributed by atoms with Crippen LogP contribution in [0.2, 0.25) is 0 Å². The van der Waals surface area contributed by atoms with Crippen molar-refractivity contribution in [2.75, 3.05) is 5.32 Å². The van der Waals surface area contributed by atoms with E-state index in [9.17, 15) is 14.9 Å². The molecule has 1 aromatic carbocycles. The summed E-state index contributed by atoms with van der Waals surface area (Å²) in [4.78, 5) is 22.9. The minimum atomic E-state index is -0.898. The van der Waals surface area contributed by atoms with Crippen LogP contribution in [0, 0.1) is 30.9 Å². The molecule has 0 saturated heterocycles. The first-order valence-corrected chi connectivity index (χ1v) is 7.43. The summed E-state index contributed by atoms with van der Waals surface area (Å²) in [5.74, 6) is -0.336. The maximum absolute atomic E-state index is 12.3. The molecule has 0 aliphatic rings. The number of rotatable bonds is 5. The number of nitrogens with zero attached hydrogens (tertiary/aromatic N) is 3. The zero-order valence-electron chi connectivity index (χ0n) is 14.3. The number of benzene rings is 1. The van der Waals surface area contributed by atoms with Crippen LogP contribution in [0.4, 0.5) is 11.4 Å². The Bertz CT molecular complexity index is 798. The lowest BCUT2D eigenvalue weighted by Gasteiger charge is -2.15. The number of carbonyl (C=O) groups is 1. The van der Waals surface area contributed by atoms with Gasteiger partial charge >= 0.3 is 5.69 Å². The first-order chi connectivity index (χ1) is 11.2. The molecule has 0 aliphatic heterocycles. The zero-order chi connectivity index (χ0) is 18.0. The van der Waals surface area contributed by atoms with Gasteiger partial charge in [-0.15, -0.1) is 0 Å². The molecular weight excluding hydrogens is 312 g/mol. The van der Waals surface area contributed by atoms with E-state index in [0.717, 1.165) is 11.3 Å². The molecule has 8 heteroatoms. The van der Waals surface area contributed by atoms with E-state index in [-0.39, 0.29) is 11.4 Å². The molecule has 1 N–H and O–H groups in total. The van der Waals surface area contributed by atoms with Crippen LogP contribution in [-0.2, 0) is 11.8 Å². The van der Waals surface area contributed by atoms with Crippen molar-refractivity contribution in [2.45, 2.75) is 33.8 Å². The molecule has 0 bridgehead atoms. The number of anilines is 1. The fourth-order valence-corrected chi connectivity index (χ4v) is 2.29. The fraction of sp³-hybridized carbons (Fsp3) is 0.375. The van der Waals surface area contributed by atoms with Crippen molar-refractivity contribution < 1.29 is 14.5 Å². The van der Waals surface area contributed by atoms with Gasteiger partial charge in [0.05, 0.1) is 22.0 Å². The van der Waals surface area contributed by atoms with Crippen molar-refractivity contribution in [2.24, 2.45) is 7.05 Å². The van der Waals surface area contributed by atoms with Crippen LogP contribution in [-0.4, -0.2) is 26.7 Å². The third-order valence-electron chi connectivity index (χ3n) is 3.74. The summed E-state index contributed by atoms with van der Waals surface area (Å²) in [6.45, 7) is 6.92. The van der Waals surface area contributed by atoms with E-state index in [1.54, 1.807) is 38.6 Å². The van der Waals surface area contributed by atoms with E-state index in [2.05, 4.69) is 10.4 Å². The second kappa shape index (κ2) is 6.69. The van der Waals surface area contributed by atoms with Crippen LogP contribution in [0.5, 0.6) is 5.75 Å². The minimum absolute atomic E-state index is 0.0629. The number of amides is 1. The first kappa shape index (κ1) is 17.5. The molecule has 24 heavy (non-hydrogen) atoms. The molecule has 1 atom stereocenters. The van der Waals surface area contributed by atoms with Crippen LogP contribution in [0.25, 0.3) is 0 Å². The highest BCUT2D eigenvalue weighted by molar-refractivity contribution is 5.95. The van der Waals surface area contributed by atoms with Gasteiger partial charge in [-0.2, -0.15) is 5.10 Å². The van der Waals surface area contributed by atoms with Crippen LogP contribution >= 0.6 is 0 Å². The Labute approximate surface area is 139 Å². The number of ether oxygens (including phenoxy) is 1. The Balaban J connectivity index is 2.16. The number of aromatic nitrogens is 2. The highest BCUT2D eigenvalue weighted by atomic mass is 16.6. The van der Waals surface area contributed by atoms with E-state index in [1.807, 2.05) is 6.92 Å². The SMILES string of the molecule is Cc1ccc(OC(C)C(=O)Nc2c(C)nn(C)c2C)c([N+](=O)[O-])c1. The van der Waals surface area contributed by atoms with Crippen LogP contribution in [0.1, 0.15) is 23.9 Å². The molecule has 128 valence electrons. The van der Waals surface area contributed by atoms with Crippen molar-refractivity contribution in [3.8, 4) is 5.75 Å². The summed E-state index contributed by atoms with van der Waals surface area (Å²) in [6, 6.07) is 4.61. The van der Waals surface area contributed by atoms with Gasteiger partial charge in [-0.25, -0.2) is 0 Å². The summed E-state index contributed by atoms with van der Waals surface area (Å²) < 4.78 is 7.17. The largest absolute Gasteiger partial charge is 0.474 e. The van der Waals surface area contributed by atoms with Gasteiger partial charge in [0.2, 0.25) is 0 Å². The van der Waals surface area contributed by atoms with Crippen molar-refractivity contribution >= 4 is 17.3 Å². The number of nitro benzene ring substituents is 1. The first-order valence-electron chi connectivity index (χ1n) is 7.43. The van der Waals surface area contributed by atoms with Gasteiger partial charge in [-0.05, 0) is 39.3 Å². The number of nitrogens with one attached hydrogen (secondary N) is 1. The van der Waals surface area contributed by atoms with E-state index >= 15 is 0 Å². The van der Waals surface area contributed by atoms with E-state index in [1.165, 1.54) is 12.1 Å². The van der Waals surface area contributed by atoms with Crippen LogP contribution < -0.4 is 10.1 Å². The Hall–Kier alpha value is -2.90. The van der Waals surface area contributed by atoms with E-state index in [4.69, 9.17) is 4.74 Å². The molecule has 0 saturated carbocycles. The number of hydrogen-bond donors (Lipinski definition) is 1. The zero-order valence-corrected chi connectivity index (χ0v) is 14.3. The summed E-state index contributed by atoms with van der Waals surface area (Å²) in [5, 5.41) is 18.1. The predicted molar refractivity (Wildman–Crippen MR) is 89.2 cm³/mol. The molecule has 0 aliphatic carbocycles. The lowest BCUT2D eigenvalue weighted by Crippen LogP contribution is -2.30. The standard InChI is InChI=1S/C16H20N4O4/c1-9-6-7-14(13(8-9)20(22)23)24-12(4)16(21)17-15-10(2)18-19(5)11(15)3/h6-8,12H,1-5H3,(H,17,21). The quantitative estimate of drug-likeness (QED) is 0.670. The Morgan fingerprint density at radius 2 is 2.04 bits per heavy atom. The Morgan fingerprint density at radius 1 is 1.38 bits per heavy atom. The average molecular weight is 332 g/mol. The highest BCUT2D eigenvalue weighted by Gasteiger charge is 2.23. The van der Waals surface area contributed by atoms with Gasteiger partial charge in [0.1, 0.15) is 0 Å². The van der Waals surface area contributed by atoms with Gasteiger partial charge in [-0.1, -0.05) is 6.07 Å². The predicted octanol–water partition coefficient (Wildman–Crippen LogP) is 2.66. The van der Waals surface area contributed by atoms with Gasteiger partial charge in [0.15, 0.2) is 11.9 Å². The second-order valence-corrected chi connectivity index (χ2v) is 5.65. The average Bonchev–Trinajstić information content (AvgIpc) is 2.75. The number of nitro groups is 1. The van der Waals surface area contributed by atoms with Crippen LogP contribution in [0.15, 0.2) is 18.2 Å². The summed E-state index contributed by atoms with van der Waals surface area (Å²) in [7, 11) is 1.79. The number of carbonyl (C=O) groups excluding carboxylic acids is 1. The summed E-state index contributed by atoms with van der Waals surface area (Å²) in [6.07, 6.45) is -0.898. The van der Waals surface area contributed by atoms with Crippen LogP contribution in [0.3, 0.4) is 0 Å². The minimum Gasteiger partial charge on any atom is -0.474 e. The fourth-order valence-electron chi connectivity index (χ4n) is 2.29. The third-order valence-corrected chi connectivity index (χ3v) is 3.74. The van der Waals surface area contributed by atoms with Crippen molar-refractivity contribution in [3.05, 3.63) is 45.3 Å². The lowest BCUT2D eigenvalue weighted by molar-refractivity contribution is -0.386. The van der Waals surface area contributed by atoms with Gasteiger partial charge in [-0.3, -0.25) is 19.6 Å². The molecule has 1 aromatic heterocycles. The highest BCUT2D eigenvalue weighted by Crippen LogP contribution is 2.29. The monoisotopic (exact) mass is 332 g/mol. The number of aryl methyl sites for hydroxylation is 3. The normalized spacial score (nSPS) is 11.9. The van der Waals surface area contributed by atoms with Gasteiger partial charge in [0.25, 0.3) is 5.91 Å². The van der Waals surface area contributed by atoms with Gasteiger partial charge in [0, 0.05) is 13.1 Å². The molecule has 2 aromatic rings. The van der Waals surface area contributed by atoms with Gasteiger partial charge < -0.3 is 10.1 Å². The summed E-state index contributed by atoms with van der Waals surface area (Å²) >= 11 is 0. The second-order valence-electron chi connectivity index (χ2n) is 5.65. The maximum atomic E-state index is 12.3. The molecule has 0 radical (unpaired) electrons. The molecule has 0 spiro atoms. The van der Waals surface area contributed by atoms with Crippen molar-refractivity contribution in [1.82, 2.24) is 9.78 Å². The van der Waals surface area contributed by atoms with Crippen molar-refractivity contribution in [3.63, 3.8) is 0 Å². The lowest BCUT2D eigenvalue weighted by atomic mass is 10.2. The molecule has 2 rings (SSSR count). The molecular formula is C16H20N4O4. The number of hydrogen-bond acceptors (Lipinski definition) is 5. The molecule has 8 nitrogen and oxygen atoms in total. The summed E-state index contributed by atoms with van der Waals surface area (Å²) in [5.41, 5.74) is 2.71. The maximum Gasteiger partial charge on any atom is 0.311 e. The van der Waals surface area contributed by atoms with E-state index < -0.39 is 16.9 Å². The molecule has 1 unspecified atom stereocenters. The molecule has 0 fully saturated rings.